The van der Waals surface area contributed by atoms with E-state index in [4.69, 9.17) is 16.3 Å². The Morgan fingerprint density at radius 2 is 2.19 bits per heavy atom. The molecule has 0 aromatic heterocycles. The molecule has 1 aliphatic heterocycles. The Kier molecular flexibility index (Phi) is 4.31. The van der Waals surface area contributed by atoms with Crippen molar-refractivity contribution in [1.82, 2.24) is 4.90 Å². The zero-order chi connectivity index (χ0) is 14.8. The van der Waals surface area contributed by atoms with E-state index in [1.54, 1.807) is 0 Å². The first-order valence-electron chi connectivity index (χ1n) is 7.29. The van der Waals surface area contributed by atoms with Crippen molar-refractivity contribution in [3.63, 3.8) is 0 Å². The number of hydrogen-bond donors (Lipinski definition) is 1. The van der Waals surface area contributed by atoms with Crippen LogP contribution in [0.25, 0.3) is 0 Å². The summed E-state index contributed by atoms with van der Waals surface area (Å²) < 4.78 is 18.9. The molecule has 2 atom stereocenters. The first kappa shape index (κ1) is 14.6. The van der Waals surface area contributed by atoms with Crippen molar-refractivity contribution >= 4 is 23.3 Å². The zero-order valence-corrected chi connectivity index (χ0v) is 12.4. The third-order valence-corrected chi connectivity index (χ3v) is 4.45. The number of rotatable bonds is 1. The highest BCUT2D eigenvalue weighted by Gasteiger charge is 2.36. The normalized spacial score (nSPS) is 25.3. The molecule has 1 saturated carbocycles. The lowest BCUT2D eigenvalue weighted by Gasteiger charge is -2.43. The van der Waals surface area contributed by atoms with E-state index in [9.17, 15) is 9.18 Å². The van der Waals surface area contributed by atoms with Crippen LogP contribution in [0.1, 0.15) is 25.7 Å². The van der Waals surface area contributed by atoms with E-state index in [1.807, 2.05) is 4.90 Å². The molecule has 21 heavy (non-hydrogen) atoms. The van der Waals surface area contributed by atoms with Crippen LogP contribution < -0.4 is 5.32 Å². The van der Waals surface area contributed by atoms with Crippen molar-refractivity contribution in [3.05, 3.63) is 29.0 Å². The highest BCUT2D eigenvalue weighted by atomic mass is 35.5. The fraction of sp³-hybridized carbons (Fsp3) is 0.533. The van der Waals surface area contributed by atoms with E-state index in [0.29, 0.717) is 18.8 Å². The van der Waals surface area contributed by atoms with Crippen LogP contribution in [0.3, 0.4) is 0 Å². The maximum absolute atomic E-state index is 13.1. The van der Waals surface area contributed by atoms with Crippen LogP contribution in [0.5, 0.6) is 0 Å². The van der Waals surface area contributed by atoms with Crippen LogP contribution in [0, 0.1) is 5.82 Å². The average Bonchev–Trinajstić information content (AvgIpc) is 2.50. The Balaban J connectivity index is 1.70. The maximum atomic E-state index is 13.1. The highest BCUT2D eigenvalue weighted by molar-refractivity contribution is 6.31. The van der Waals surface area contributed by atoms with Crippen molar-refractivity contribution in [3.8, 4) is 0 Å². The molecule has 2 aliphatic rings. The average molecular weight is 313 g/mol. The minimum atomic E-state index is -0.492. The third kappa shape index (κ3) is 3.14. The molecule has 1 heterocycles. The first-order chi connectivity index (χ1) is 10.1. The number of nitrogens with zero attached hydrogens (tertiary/aromatic N) is 1. The molecule has 0 spiro atoms. The maximum Gasteiger partial charge on any atom is 0.322 e. The number of halogens is 2. The summed E-state index contributed by atoms with van der Waals surface area (Å²) in [6, 6.07) is 4.16. The Morgan fingerprint density at radius 1 is 1.38 bits per heavy atom. The fourth-order valence-corrected chi connectivity index (χ4v) is 3.30. The summed E-state index contributed by atoms with van der Waals surface area (Å²) in [4.78, 5) is 14.3. The minimum Gasteiger partial charge on any atom is -0.374 e. The molecule has 4 nitrogen and oxygen atoms in total. The summed E-state index contributed by atoms with van der Waals surface area (Å²) in [6.07, 6.45) is 4.41. The van der Waals surface area contributed by atoms with Gasteiger partial charge in [-0.1, -0.05) is 24.4 Å². The van der Waals surface area contributed by atoms with Crippen LogP contribution >= 0.6 is 11.6 Å². The fourth-order valence-electron chi connectivity index (χ4n) is 3.12. The monoisotopic (exact) mass is 312 g/mol. The van der Waals surface area contributed by atoms with Crippen molar-refractivity contribution in [1.29, 1.82) is 0 Å². The molecule has 1 aliphatic carbocycles. The summed E-state index contributed by atoms with van der Waals surface area (Å²) in [5.41, 5.74) is 0.505. The number of hydrogen-bond acceptors (Lipinski definition) is 2. The van der Waals surface area contributed by atoms with Gasteiger partial charge in [0.05, 0.1) is 23.8 Å². The highest BCUT2D eigenvalue weighted by Crippen LogP contribution is 2.29. The van der Waals surface area contributed by atoms with E-state index in [0.717, 1.165) is 25.7 Å². The summed E-state index contributed by atoms with van der Waals surface area (Å²) in [5.74, 6) is -0.492. The van der Waals surface area contributed by atoms with Crippen LogP contribution in [0.15, 0.2) is 18.2 Å². The number of amides is 2. The second-order valence-electron chi connectivity index (χ2n) is 5.51. The number of nitrogens with one attached hydrogen (secondary N) is 1. The largest absolute Gasteiger partial charge is 0.374 e. The molecule has 2 unspecified atom stereocenters. The summed E-state index contributed by atoms with van der Waals surface area (Å²) >= 11 is 5.73. The minimum absolute atomic E-state index is 0.00493. The molecule has 2 fully saturated rings. The third-order valence-electron chi connectivity index (χ3n) is 4.16. The molecule has 2 amide bonds. The lowest BCUT2D eigenvalue weighted by atomic mass is 9.90. The predicted molar refractivity (Wildman–Crippen MR) is 79.1 cm³/mol. The van der Waals surface area contributed by atoms with Crippen molar-refractivity contribution in [2.75, 3.05) is 18.5 Å². The second kappa shape index (κ2) is 6.20. The molecule has 1 aromatic carbocycles. The van der Waals surface area contributed by atoms with Crippen LogP contribution in [0.4, 0.5) is 14.9 Å². The molecular formula is C15H18ClFN2O2. The summed E-state index contributed by atoms with van der Waals surface area (Å²) in [7, 11) is 0. The van der Waals surface area contributed by atoms with E-state index in [-0.39, 0.29) is 23.2 Å². The zero-order valence-electron chi connectivity index (χ0n) is 11.6. The molecule has 0 bridgehead atoms. The Hall–Kier alpha value is -1.33. The van der Waals surface area contributed by atoms with Crippen molar-refractivity contribution in [2.45, 2.75) is 37.8 Å². The van der Waals surface area contributed by atoms with Crippen molar-refractivity contribution in [2.24, 2.45) is 0 Å². The molecule has 0 radical (unpaired) electrons. The van der Waals surface area contributed by atoms with Gasteiger partial charge < -0.3 is 15.0 Å². The van der Waals surface area contributed by atoms with Gasteiger partial charge in [0.25, 0.3) is 0 Å². The second-order valence-corrected chi connectivity index (χ2v) is 5.92. The van der Waals surface area contributed by atoms with Crippen molar-refractivity contribution < 1.29 is 13.9 Å². The number of urea groups is 1. The lowest BCUT2D eigenvalue weighted by Crippen LogP contribution is -2.55. The SMILES string of the molecule is O=C(Nc1ccc(F)c(Cl)c1)N1CCOC2CCCCC21. The van der Waals surface area contributed by atoms with Gasteiger partial charge in [0.2, 0.25) is 0 Å². The van der Waals surface area contributed by atoms with Crippen LogP contribution in [0.2, 0.25) is 5.02 Å². The lowest BCUT2D eigenvalue weighted by molar-refractivity contribution is -0.0694. The number of anilines is 1. The Labute approximate surface area is 128 Å². The van der Waals surface area contributed by atoms with Gasteiger partial charge in [-0.15, -0.1) is 0 Å². The molecule has 114 valence electrons. The molecule has 1 N–H and O–H groups in total. The van der Waals surface area contributed by atoms with E-state index < -0.39 is 5.82 Å². The van der Waals surface area contributed by atoms with Gasteiger partial charge in [0.1, 0.15) is 5.82 Å². The Morgan fingerprint density at radius 3 is 3.00 bits per heavy atom. The van der Waals surface area contributed by atoms with Gasteiger partial charge in [-0.3, -0.25) is 0 Å². The van der Waals surface area contributed by atoms with Gasteiger partial charge >= 0.3 is 6.03 Å². The first-order valence-corrected chi connectivity index (χ1v) is 7.67. The van der Waals surface area contributed by atoms with Gasteiger partial charge in [0, 0.05) is 12.2 Å². The molecular weight excluding hydrogens is 295 g/mol. The van der Waals surface area contributed by atoms with Gasteiger partial charge in [-0.05, 0) is 31.0 Å². The Bertz CT molecular complexity index is 538. The molecule has 1 saturated heterocycles. The number of fused-ring (bicyclic) bond motifs is 1. The topological polar surface area (TPSA) is 41.6 Å². The number of benzene rings is 1. The standard InChI is InChI=1S/C15H18ClFN2O2/c16-11-9-10(5-6-12(11)17)18-15(20)19-7-8-21-14-4-2-1-3-13(14)19/h5-6,9,13-14H,1-4,7-8H2,(H,18,20). The number of ether oxygens (including phenoxy) is 1. The molecule has 1 aromatic rings. The predicted octanol–water partition coefficient (Wildman–Crippen LogP) is 3.65. The van der Waals surface area contributed by atoms with E-state index >= 15 is 0 Å². The number of carbonyl (C=O) groups excluding carboxylic acids is 1. The summed E-state index contributed by atoms with van der Waals surface area (Å²) in [6.45, 7) is 1.15. The van der Waals surface area contributed by atoms with E-state index in [1.165, 1.54) is 18.2 Å². The van der Waals surface area contributed by atoms with Gasteiger partial charge in [-0.25, -0.2) is 9.18 Å². The van der Waals surface area contributed by atoms with Gasteiger partial charge in [0.15, 0.2) is 0 Å². The smallest absolute Gasteiger partial charge is 0.322 e. The summed E-state index contributed by atoms with van der Waals surface area (Å²) in [5, 5.41) is 2.80. The number of morpholine rings is 1. The molecule has 6 heteroatoms. The van der Waals surface area contributed by atoms with Crippen LogP contribution in [-0.4, -0.2) is 36.2 Å². The quantitative estimate of drug-likeness (QED) is 0.860. The molecule has 3 rings (SSSR count). The van der Waals surface area contributed by atoms with E-state index in [2.05, 4.69) is 5.32 Å². The van der Waals surface area contributed by atoms with Crippen LogP contribution in [-0.2, 0) is 4.74 Å². The number of carbonyl (C=O) groups is 1. The van der Waals surface area contributed by atoms with Gasteiger partial charge in [-0.2, -0.15) is 0 Å².